The van der Waals surface area contributed by atoms with E-state index in [1.165, 1.54) is 0 Å². The first-order valence-corrected chi connectivity index (χ1v) is 11.3. The number of hydrogen-bond donors (Lipinski definition) is 2. The van der Waals surface area contributed by atoms with Gasteiger partial charge in [-0.05, 0) is 54.5 Å². The lowest BCUT2D eigenvalue weighted by molar-refractivity contribution is -0.117. The number of carbonyl (C=O) groups is 2. The molecule has 0 atom stereocenters. The van der Waals surface area contributed by atoms with E-state index in [0.29, 0.717) is 23.6 Å². The first-order valence-electron chi connectivity index (χ1n) is 11.3. The van der Waals surface area contributed by atoms with Gasteiger partial charge in [-0.25, -0.2) is 4.98 Å². The van der Waals surface area contributed by atoms with Gasteiger partial charge in [0.15, 0.2) is 0 Å². The van der Waals surface area contributed by atoms with Crippen LogP contribution in [0.2, 0.25) is 0 Å². The molecule has 4 rings (SSSR count). The fourth-order valence-electron chi connectivity index (χ4n) is 3.38. The Hall–Kier alpha value is -4.65. The first kappa shape index (κ1) is 23.5. The van der Waals surface area contributed by atoms with E-state index in [2.05, 4.69) is 15.6 Å². The van der Waals surface area contributed by atoms with Crippen molar-refractivity contribution in [3.63, 3.8) is 0 Å². The van der Waals surface area contributed by atoms with Crippen molar-refractivity contribution < 1.29 is 14.3 Å². The lowest BCUT2D eigenvalue weighted by Crippen LogP contribution is -2.35. The van der Waals surface area contributed by atoms with Gasteiger partial charge < -0.3 is 19.9 Å². The van der Waals surface area contributed by atoms with E-state index in [-0.39, 0.29) is 17.5 Å². The van der Waals surface area contributed by atoms with E-state index in [1.807, 2.05) is 71.4 Å². The van der Waals surface area contributed by atoms with Gasteiger partial charge in [-0.15, -0.1) is 0 Å². The molecule has 4 aromatic rings. The quantitative estimate of drug-likeness (QED) is 0.263. The van der Waals surface area contributed by atoms with Gasteiger partial charge in [-0.3, -0.25) is 9.59 Å². The Balaban J connectivity index is 1.49. The minimum absolute atomic E-state index is 0.151. The Morgan fingerprint density at radius 2 is 1.66 bits per heavy atom. The SMILES string of the molecule is O=C(NCCCn1ccnc1)C(=Cc1cccc(Oc2ccccc2)c1)NC(=O)c1ccccc1. The summed E-state index contributed by atoms with van der Waals surface area (Å²) in [7, 11) is 0. The minimum atomic E-state index is -0.366. The molecule has 0 saturated carbocycles. The van der Waals surface area contributed by atoms with Gasteiger partial charge in [0.1, 0.15) is 17.2 Å². The molecule has 0 spiro atoms. The molecule has 0 aliphatic rings. The lowest BCUT2D eigenvalue weighted by Gasteiger charge is -2.12. The smallest absolute Gasteiger partial charge is 0.267 e. The number of ether oxygens (including phenoxy) is 1. The highest BCUT2D eigenvalue weighted by Gasteiger charge is 2.14. The number of nitrogens with zero attached hydrogens (tertiary/aromatic N) is 2. The van der Waals surface area contributed by atoms with Gasteiger partial charge in [-0.1, -0.05) is 48.5 Å². The first-order chi connectivity index (χ1) is 17.2. The number of para-hydroxylation sites is 1. The third-order valence-corrected chi connectivity index (χ3v) is 5.11. The van der Waals surface area contributed by atoms with Crippen molar-refractivity contribution in [3.8, 4) is 11.5 Å². The number of hydrogen-bond acceptors (Lipinski definition) is 4. The Bertz CT molecular complexity index is 1270. The number of aromatic nitrogens is 2. The van der Waals surface area contributed by atoms with Crippen molar-refractivity contribution in [1.29, 1.82) is 0 Å². The molecule has 35 heavy (non-hydrogen) atoms. The fourth-order valence-corrected chi connectivity index (χ4v) is 3.38. The van der Waals surface area contributed by atoms with Crippen molar-refractivity contribution in [3.05, 3.63) is 120 Å². The summed E-state index contributed by atoms with van der Waals surface area (Å²) in [6, 6.07) is 25.6. The number of benzene rings is 3. The van der Waals surface area contributed by atoms with Gasteiger partial charge in [0.05, 0.1) is 6.33 Å². The molecule has 1 heterocycles. The molecule has 3 aromatic carbocycles. The normalized spacial score (nSPS) is 11.0. The van der Waals surface area contributed by atoms with Crippen LogP contribution in [0.3, 0.4) is 0 Å². The van der Waals surface area contributed by atoms with Crippen LogP contribution in [-0.2, 0) is 11.3 Å². The van der Waals surface area contributed by atoms with Gasteiger partial charge in [-0.2, -0.15) is 0 Å². The summed E-state index contributed by atoms with van der Waals surface area (Å²) >= 11 is 0. The second kappa shape index (κ2) is 12.0. The predicted molar refractivity (Wildman–Crippen MR) is 135 cm³/mol. The maximum atomic E-state index is 13.0. The molecule has 0 radical (unpaired) electrons. The fraction of sp³-hybridized carbons (Fsp3) is 0.107. The topological polar surface area (TPSA) is 85.2 Å². The second-order valence-electron chi connectivity index (χ2n) is 7.78. The highest BCUT2D eigenvalue weighted by molar-refractivity contribution is 6.05. The van der Waals surface area contributed by atoms with Crippen LogP contribution in [0.4, 0.5) is 0 Å². The molecular weight excluding hydrogens is 440 g/mol. The summed E-state index contributed by atoms with van der Waals surface area (Å²) in [5.74, 6) is 0.609. The summed E-state index contributed by atoms with van der Waals surface area (Å²) < 4.78 is 7.84. The minimum Gasteiger partial charge on any atom is -0.457 e. The standard InChI is InChI=1S/C28H26N4O3/c33-27(23-10-3-1-4-11-23)31-26(28(34)30-15-8-17-32-18-16-29-21-32)20-22-9-7-14-25(19-22)35-24-12-5-2-6-13-24/h1-7,9-14,16,18-21H,8,15,17H2,(H,30,34)(H,31,33). The Labute approximate surface area is 204 Å². The molecule has 0 aliphatic heterocycles. The third-order valence-electron chi connectivity index (χ3n) is 5.11. The van der Waals surface area contributed by atoms with E-state index in [0.717, 1.165) is 18.5 Å². The van der Waals surface area contributed by atoms with Crippen molar-refractivity contribution >= 4 is 17.9 Å². The van der Waals surface area contributed by atoms with Crippen LogP contribution >= 0.6 is 0 Å². The Morgan fingerprint density at radius 1 is 0.914 bits per heavy atom. The van der Waals surface area contributed by atoms with Crippen molar-refractivity contribution in [2.45, 2.75) is 13.0 Å². The van der Waals surface area contributed by atoms with Crippen molar-refractivity contribution in [2.75, 3.05) is 6.54 Å². The lowest BCUT2D eigenvalue weighted by atomic mass is 10.1. The molecule has 0 saturated heterocycles. The van der Waals surface area contributed by atoms with E-state index < -0.39 is 0 Å². The molecule has 0 fully saturated rings. The maximum absolute atomic E-state index is 13.0. The molecule has 2 N–H and O–H groups in total. The van der Waals surface area contributed by atoms with E-state index in [1.54, 1.807) is 42.9 Å². The average molecular weight is 467 g/mol. The molecule has 0 unspecified atom stereocenters. The molecule has 2 amide bonds. The van der Waals surface area contributed by atoms with Gasteiger partial charge in [0.25, 0.3) is 11.8 Å². The summed E-state index contributed by atoms with van der Waals surface area (Å²) in [6.07, 6.45) is 7.69. The molecule has 0 bridgehead atoms. The molecule has 7 nitrogen and oxygen atoms in total. The van der Waals surface area contributed by atoms with Crippen molar-refractivity contribution in [2.24, 2.45) is 0 Å². The van der Waals surface area contributed by atoms with Crippen LogP contribution < -0.4 is 15.4 Å². The van der Waals surface area contributed by atoms with E-state index in [9.17, 15) is 9.59 Å². The molecule has 176 valence electrons. The van der Waals surface area contributed by atoms with Crippen LogP contribution in [0.15, 0.2) is 109 Å². The van der Waals surface area contributed by atoms with Crippen LogP contribution in [0, 0.1) is 0 Å². The number of aryl methyl sites for hydroxylation is 1. The second-order valence-corrected chi connectivity index (χ2v) is 7.78. The van der Waals surface area contributed by atoms with Crippen molar-refractivity contribution in [1.82, 2.24) is 20.2 Å². The summed E-state index contributed by atoms with van der Waals surface area (Å²) in [6.45, 7) is 1.18. The van der Waals surface area contributed by atoms with E-state index in [4.69, 9.17) is 4.74 Å². The van der Waals surface area contributed by atoms with Gasteiger partial charge in [0, 0.05) is 31.0 Å². The zero-order valence-electron chi connectivity index (χ0n) is 19.1. The highest BCUT2D eigenvalue weighted by atomic mass is 16.5. The predicted octanol–water partition coefficient (Wildman–Crippen LogP) is 4.65. The molecule has 0 aliphatic carbocycles. The third kappa shape index (κ3) is 7.17. The van der Waals surface area contributed by atoms with Crippen LogP contribution in [0.5, 0.6) is 11.5 Å². The largest absolute Gasteiger partial charge is 0.457 e. The average Bonchev–Trinajstić information content (AvgIpc) is 3.41. The van der Waals surface area contributed by atoms with Gasteiger partial charge >= 0.3 is 0 Å². The Morgan fingerprint density at radius 3 is 2.40 bits per heavy atom. The van der Waals surface area contributed by atoms with E-state index >= 15 is 0 Å². The van der Waals surface area contributed by atoms with Gasteiger partial charge in [0.2, 0.25) is 0 Å². The highest BCUT2D eigenvalue weighted by Crippen LogP contribution is 2.22. The van der Waals surface area contributed by atoms with Crippen LogP contribution in [-0.4, -0.2) is 27.9 Å². The summed E-state index contributed by atoms with van der Waals surface area (Å²) in [5, 5.41) is 5.65. The zero-order valence-corrected chi connectivity index (χ0v) is 19.1. The monoisotopic (exact) mass is 466 g/mol. The number of rotatable bonds is 10. The summed E-state index contributed by atoms with van der Waals surface area (Å²) in [4.78, 5) is 29.8. The van der Waals surface area contributed by atoms with Crippen LogP contribution in [0.25, 0.3) is 6.08 Å². The number of imidazole rings is 1. The Kier molecular flexibility index (Phi) is 8.05. The molecule has 7 heteroatoms. The number of amides is 2. The zero-order chi connectivity index (χ0) is 24.3. The molecular formula is C28H26N4O3. The number of carbonyl (C=O) groups excluding carboxylic acids is 2. The summed E-state index contributed by atoms with van der Waals surface area (Å²) in [5.41, 5.74) is 1.33. The number of nitrogens with one attached hydrogen (secondary N) is 2. The maximum Gasteiger partial charge on any atom is 0.267 e. The van der Waals surface area contributed by atoms with Crippen LogP contribution in [0.1, 0.15) is 22.3 Å². The molecule has 1 aromatic heterocycles.